The molecule has 0 amide bonds. The Labute approximate surface area is 95.1 Å². The average molecular weight is 213 g/mol. The lowest BCUT2D eigenvalue weighted by atomic mass is 10.0. The fraction of sp³-hybridized carbons (Fsp3) is 0.846. The number of methoxy groups -OCH3 is 1. The smallest absolute Gasteiger partial charge is 0.0558 e. The van der Waals surface area contributed by atoms with Crippen LogP contribution >= 0.6 is 0 Å². The standard InChI is InChI=1S/C13H27NO/c1-5-6-7-8-9-10-13(14-3)11-12(2)15-4/h5,12-14H,1,6-11H2,2-4H3. The molecule has 0 bridgehead atoms. The summed E-state index contributed by atoms with van der Waals surface area (Å²) in [5.74, 6) is 0. The molecule has 0 rings (SSSR count). The Balaban J connectivity index is 3.47. The molecule has 15 heavy (non-hydrogen) atoms. The van der Waals surface area contributed by atoms with Gasteiger partial charge in [-0.15, -0.1) is 6.58 Å². The zero-order valence-corrected chi connectivity index (χ0v) is 10.6. The Kier molecular flexibility index (Phi) is 9.96. The maximum absolute atomic E-state index is 5.27. The monoisotopic (exact) mass is 213 g/mol. The second-order valence-corrected chi connectivity index (χ2v) is 4.19. The van der Waals surface area contributed by atoms with E-state index in [2.05, 4.69) is 18.8 Å². The first-order valence-corrected chi connectivity index (χ1v) is 6.05. The van der Waals surface area contributed by atoms with Gasteiger partial charge in [0.25, 0.3) is 0 Å². The second-order valence-electron chi connectivity index (χ2n) is 4.19. The van der Waals surface area contributed by atoms with E-state index in [9.17, 15) is 0 Å². The van der Waals surface area contributed by atoms with Crippen LogP contribution < -0.4 is 5.32 Å². The van der Waals surface area contributed by atoms with E-state index >= 15 is 0 Å². The topological polar surface area (TPSA) is 21.3 Å². The minimum Gasteiger partial charge on any atom is -0.382 e. The van der Waals surface area contributed by atoms with E-state index in [4.69, 9.17) is 4.74 Å². The fourth-order valence-electron chi connectivity index (χ4n) is 1.73. The highest BCUT2D eigenvalue weighted by Crippen LogP contribution is 2.10. The van der Waals surface area contributed by atoms with Crippen molar-refractivity contribution in [3.05, 3.63) is 12.7 Å². The third kappa shape index (κ3) is 8.64. The molecule has 0 heterocycles. The molecule has 0 radical (unpaired) electrons. The zero-order chi connectivity index (χ0) is 11.5. The zero-order valence-electron chi connectivity index (χ0n) is 10.6. The van der Waals surface area contributed by atoms with Crippen molar-refractivity contribution in [2.24, 2.45) is 0 Å². The number of hydrogen-bond acceptors (Lipinski definition) is 2. The summed E-state index contributed by atoms with van der Waals surface area (Å²) in [4.78, 5) is 0. The molecule has 0 fully saturated rings. The molecular formula is C13H27NO. The second kappa shape index (κ2) is 10.2. The molecule has 90 valence electrons. The molecule has 2 heteroatoms. The van der Waals surface area contributed by atoms with Gasteiger partial charge in [0.1, 0.15) is 0 Å². The molecule has 0 saturated heterocycles. The lowest BCUT2D eigenvalue weighted by molar-refractivity contribution is 0.0999. The van der Waals surface area contributed by atoms with Crippen molar-refractivity contribution in [2.45, 2.75) is 57.6 Å². The third-order valence-corrected chi connectivity index (χ3v) is 2.89. The van der Waals surface area contributed by atoms with E-state index in [1.165, 1.54) is 25.7 Å². The van der Waals surface area contributed by atoms with Gasteiger partial charge in [-0.3, -0.25) is 0 Å². The Bertz CT molecular complexity index is 147. The molecule has 2 atom stereocenters. The van der Waals surface area contributed by atoms with Gasteiger partial charge >= 0.3 is 0 Å². The van der Waals surface area contributed by atoms with Crippen molar-refractivity contribution >= 4 is 0 Å². The van der Waals surface area contributed by atoms with Crippen molar-refractivity contribution in [1.29, 1.82) is 0 Å². The quantitative estimate of drug-likeness (QED) is 0.444. The Hall–Kier alpha value is -0.340. The molecule has 2 nitrogen and oxygen atoms in total. The minimum atomic E-state index is 0.357. The van der Waals surface area contributed by atoms with Gasteiger partial charge in [0.2, 0.25) is 0 Å². The summed E-state index contributed by atoms with van der Waals surface area (Å²) in [5, 5.41) is 3.36. The first kappa shape index (κ1) is 14.7. The molecule has 0 aromatic carbocycles. The number of allylic oxidation sites excluding steroid dienone is 1. The Morgan fingerprint density at radius 3 is 2.60 bits per heavy atom. The van der Waals surface area contributed by atoms with E-state index in [1.807, 2.05) is 13.1 Å². The van der Waals surface area contributed by atoms with Crippen LogP contribution in [0.1, 0.15) is 45.4 Å². The highest BCUT2D eigenvalue weighted by atomic mass is 16.5. The number of nitrogens with one attached hydrogen (secondary N) is 1. The van der Waals surface area contributed by atoms with Crippen molar-refractivity contribution in [2.75, 3.05) is 14.2 Å². The molecule has 0 aliphatic heterocycles. The summed E-state index contributed by atoms with van der Waals surface area (Å²) in [7, 11) is 3.82. The van der Waals surface area contributed by atoms with Crippen LogP contribution in [0.2, 0.25) is 0 Å². The summed E-state index contributed by atoms with van der Waals surface area (Å²) >= 11 is 0. The fourth-order valence-corrected chi connectivity index (χ4v) is 1.73. The van der Waals surface area contributed by atoms with Crippen LogP contribution in [0.3, 0.4) is 0 Å². The minimum absolute atomic E-state index is 0.357. The summed E-state index contributed by atoms with van der Waals surface area (Å²) < 4.78 is 5.27. The number of hydrogen-bond donors (Lipinski definition) is 1. The SMILES string of the molecule is C=CCCCCCC(CC(C)OC)NC. The van der Waals surface area contributed by atoms with E-state index in [-0.39, 0.29) is 0 Å². The predicted octanol–water partition coefficient (Wildman–Crippen LogP) is 3.14. The predicted molar refractivity (Wildman–Crippen MR) is 67.2 cm³/mol. The molecule has 1 N–H and O–H groups in total. The van der Waals surface area contributed by atoms with Gasteiger partial charge in [-0.25, -0.2) is 0 Å². The largest absolute Gasteiger partial charge is 0.382 e. The van der Waals surface area contributed by atoms with E-state index in [1.54, 1.807) is 7.11 Å². The maximum atomic E-state index is 5.27. The van der Waals surface area contributed by atoms with Crippen molar-refractivity contribution in [3.8, 4) is 0 Å². The first-order chi connectivity index (χ1) is 7.24. The molecule has 0 aliphatic rings. The Morgan fingerprint density at radius 2 is 2.07 bits per heavy atom. The van der Waals surface area contributed by atoms with Crippen LogP contribution in [-0.4, -0.2) is 26.3 Å². The molecule has 0 aliphatic carbocycles. The lowest BCUT2D eigenvalue weighted by Crippen LogP contribution is -2.29. The molecule has 0 spiro atoms. The number of rotatable bonds is 10. The lowest BCUT2D eigenvalue weighted by Gasteiger charge is -2.19. The number of ether oxygens (including phenoxy) is 1. The van der Waals surface area contributed by atoms with Gasteiger partial charge in [-0.2, -0.15) is 0 Å². The summed E-state index contributed by atoms with van der Waals surface area (Å²) in [5.41, 5.74) is 0. The highest BCUT2D eigenvalue weighted by Gasteiger charge is 2.09. The van der Waals surface area contributed by atoms with Crippen LogP contribution in [0.25, 0.3) is 0 Å². The summed E-state index contributed by atoms with van der Waals surface area (Å²) in [6, 6.07) is 0.601. The summed E-state index contributed by atoms with van der Waals surface area (Å²) in [6.45, 7) is 5.86. The normalized spacial score (nSPS) is 14.9. The molecule has 0 aromatic heterocycles. The molecule has 2 unspecified atom stereocenters. The van der Waals surface area contributed by atoms with Crippen molar-refractivity contribution < 1.29 is 4.74 Å². The molecule has 0 saturated carbocycles. The highest BCUT2D eigenvalue weighted by molar-refractivity contribution is 4.69. The van der Waals surface area contributed by atoms with E-state index < -0.39 is 0 Å². The third-order valence-electron chi connectivity index (χ3n) is 2.89. The number of unbranched alkanes of at least 4 members (excludes halogenated alkanes) is 3. The molecular weight excluding hydrogens is 186 g/mol. The van der Waals surface area contributed by atoms with Gasteiger partial charge in [0, 0.05) is 13.2 Å². The van der Waals surface area contributed by atoms with Gasteiger partial charge in [-0.05, 0) is 39.7 Å². The molecule has 0 aromatic rings. The van der Waals surface area contributed by atoms with Gasteiger partial charge in [-0.1, -0.05) is 18.9 Å². The van der Waals surface area contributed by atoms with Gasteiger partial charge in [0.05, 0.1) is 6.10 Å². The Morgan fingerprint density at radius 1 is 1.33 bits per heavy atom. The summed E-state index contributed by atoms with van der Waals surface area (Å²) in [6.07, 6.45) is 9.76. The van der Waals surface area contributed by atoms with Crippen LogP contribution in [0.5, 0.6) is 0 Å². The van der Waals surface area contributed by atoms with Crippen LogP contribution in [-0.2, 0) is 4.74 Å². The van der Waals surface area contributed by atoms with E-state index in [0.717, 1.165) is 12.8 Å². The van der Waals surface area contributed by atoms with Gasteiger partial charge < -0.3 is 10.1 Å². The van der Waals surface area contributed by atoms with Crippen LogP contribution in [0.15, 0.2) is 12.7 Å². The van der Waals surface area contributed by atoms with Crippen LogP contribution in [0.4, 0.5) is 0 Å². The maximum Gasteiger partial charge on any atom is 0.0558 e. The van der Waals surface area contributed by atoms with Crippen molar-refractivity contribution in [3.63, 3.8) is 0 Å². The van der Waals surface area contributed by atoms with Gasteiger partial charge in [0.15, 0.2) is 0 Å². The first-order valence-electron chi connectivity index (χ1n) is 6.05. The average Bonchev–Trinajstić information content (AvgIpc) is 2.26. The van der Waals surface area contributed by atoms with Crippen LogP contribution in [0, 0.1) is 0 Å². The van der Waals surface area contributed by atoms with E-state index in [0.29, 0.717) is 12.1 Å². The van der Waals surface area contributed by atoms with Crippen molar-refractivity contribution in [1.82, 2.24) is 5.32 Å².